The molecule has 2 rings (SSSR count). The van der Waals surface area contributed by atoms with Crippen LogP contribution in [0, 0.1) is 0 Å². The molecule has 0 fully saturated rings. The zero-order chi connectivity index (χ0) is 15.2. The van der Waals surface area contributed by atoms with Gasteiger partial charge in [0.15, 0.2) is 5.78 Å². The molecule has 1 unspecified atom stereocenters. The van der Waals surface area contributed by atoms with E-state index in [1.54, 1.807) is 24.3 Å². The summed E-state index contributed by atoms with van der Waals surface area (Å²) in [6.07, 6.45) is 0. The van der Waals surface area contributed by atoms with E-state index in [0.29, 0.717) is 11.3 Å². The Morgan fingerprint density at radius 2 is 1.76 bits per heavy atom. The van der Waals surface area contributed by atoms with Crippen molar-refractivity contribution in [1.29, 1.82) is 0 Å². The first-order chi connectivity index (χ1) is 10.1. The van der Waals surface area contributed by atoms with Crippen LogP contribution in [0.25, 0.3) is 0 Å². The summed E-state index contributed by atoms with van der Waals surface area (Å²) in [5, 5.41) is 2.63. The monoisotopic (exact) mass is 299 g/mol. The maximum atomic E-state index is 12.2. The summed E-state index contributed by atoms with van der Waals surface area (Å²) >= 11 is 1.50. The molecule has 1 amide bonds. The molecule has 0 bridgehead atoms. The molecule has 0 saturated carbocycles. The van der Waals surface area contributed by atoms with Gasteiger partial charge in [0, 0.05) is 16.1 Å². The first-order valence-corrected chi connectivity index (χ1v) is 7.58. The molecular formula is C17H17NO2S. The molecule has 4 heteroatoms. The molecule has 3 nitrogen and oxygen atoms in total. The normalized spacial score (nSPS) is 11.7. The van der Waals surface area contributed by atoms with Gasteiger partial charge in [-0.1, -0.05) is 30.3 Å². The number of amides is 1. The number of thioether (sulfide) groups is 1. The van der Waals surface area contributed by atoms with Crippen molar-refractivity contribution in [3.63, 3.8) is 0 Å². The Morgan fingerprint density at radius 1 is 1.05 bits per heavy atom. The van der Waals surface area contributed by atoms with E-state index in [9.17, 15) is 9.59 Å². The lowest BCUT2D eigenvalue weighted by Gasteiger charge is -2.12. The van der Waals surface area contributed by atoms with Crippen molar-refractivity contribution < 1.29 is 9.59 Å². The quantitative estimate of drug-likeness (QED) is 0.670. The van der Waals surface area contributed by atoms with Gasteiger partial charge >= 0.3 is 0 Å². The number of hydrogen-bond donors (Lipinski definition) is 1. The maximum Gasteiger partial charge on any atom is 0.237 e. The van der Waals surface area contributed by atoms with E-state index in [1.165, 1.54) is 18.7 Å². The minimum Gasteiger partial charge on any atom is -0.325 e. The molecule has 0 aliphatic carbocycles. The van der Waals surface area contributed by atoms with Gasteiger partial charge in [0.2, 0.25) is 5.91 Å². The van der Waals surface area contributed by atoms with Crippen molar-refractivity contribution in [1.82, 2.24) is 0 Å². The average molecular weight is 299 g/mol. The molecule has 0 aliphatic rings. The second kappa shape index (κ2) is 7.09. The van der Waals surface area contributed by atoms with Gasteiger partial charge in [0.1, 0.15) is 0 Å². The topological polar surface area (TPSA) is 46.2 Å². The minimum atomic E-state index is -0.214. The molecule has 21 heavy (non-hydrogen) atoms. The lowest BCUT2D eigenvalue weighted by molar-refractivity contribution is -0.115. The Hall–Kier alpha value is -2.07. The zero-order valence-electron chi connectivity index (χ0n) is 12.0. The van der Waals surface area contributed by atoms with Gasteiger partial charge < -0.3 is 5.32 Å². The highest BCUT2D eigenvalue weighted by atomic mass is 32.2. The molecule has 0 aliphatic heterocycles. The van der Waals surface area contributed by atoms with E-state index in [0.717, 1.165) is 4.90 Å². The zero-order valence-corrected chi connectivity index (χ0v) is 12.8. The van der Waals surface area contributed by atoms with Gasteiger partial charge in [-0.2, -0.15) is 0 Å². The molecule has 0 saturated heterocycles. The lowest BCUT2D eigenvalue weighted by atomic mass is 10.1. The van der Waals surface area contributed by atoms with Gasteiger partial charge in [-0.05, 0) is 38.1 Å². The highest BCUT2D eigenvalue weighted by Crippen LogP contribution is 2.23. The van der Waals surface area contributed by atoms with E-state index in [2.05, 4.69) is 5.32 Å². The third-order valence-corrected chi connectivity index (χ3v) is 4.07. The fraction of sp³-hybridized carbons (Fsp3) is 0.176. The summed E-state index contributed by atoms with van der Waals surface area (Å²) in [7, 11) is 0. The van der Waals surface area contributed by atoms with Gasteiger partial charge in [0.25, 0.3) is 0 Å². The van der Waals surface area contributed by atoms with Crippen molar-refractivity contribution in [3.05, 3.63) is 60.2 Å². The number of ketones is 1. The maximum absolute atomic E-state index is 12.2. The number of hydrogen-bond acceptors (Lipinski definition) is 3. The van der Waals surface area contributed by atoms with Crippen molar-refractivity contribution >= 4 is 29.1 Å². The van der Waals surface area contributed by atoms with Crippen molar-refractivity contribution in [2.24, 2.45) is 0 Å². The molecule has 0 aromatic heterocycles. The molecule has 1 N–H and O–H groups in total. The van der Waals surface area contributed by atoms with Crippen LogP contribution in [0.3, 0.4) is 0 Å². The van der Waals surface area contributed by atoms with Crippen LogP contribution < -0.4 is 5.32 Å². The molecule has 0 radical (unpaired) electrons. The largest absolute Gasteiger partial charge is 0.325 e. The first kappa shape index (κ1) is 15.3. The van der Waals surface area contributed by atoms with Crippen LogP contribution in [0.2, 0.25) is 0 Å². The second-order valence-corrected chi connectivity index (χ2v) is 6.11. The standard InChI is InChI=1S/C17H17NO2S/c1-12(19)14-7-6-8-15(11-14)18-17(20)13(2)21-16-9-4-3-5-10-16/h3-11,13H,1-2H3,(H,18,20). The van der Waals surface area contributed by atoms with Crippen molar-refractivity contribution in [2.75, 3.05) is 5.32 Å². The van der Waals surface area contributed by atoms with Crippen molar-refractivity contribution in [3.8, 4) is 0 Å². The van der Waals surface area contributed by atoms with Crippen LogP contribution in [-0.4, -0.2) is 16.9 Å². The SMILES string of the molecule is CC(=O)c1cccc(NC(=O)C(C)Sc2ccccc2)c1. The number of rotatable bonds is 5. The highest BCUT2D eigenvalue weighted by Gasteiger charge is 2.14. The number of carbonyl (C=O) groups excluding carboxylic acids is 2. The van der Waals surface area contributed by atoms with E-state index in [-0.39, 0.29) is 16.9 Å². The predicted octanol–water partition coefficient (Wildman–Crippen LogP) is 4.01. The Bertz CT molecular complexity index is 640. The minimum absolute atomic E-state index is 0.0159. The summed E-state index contributed by atoms with van der Waals surface area (Å²) in [6, 6.07) is 16.8. The summed E-state index contributed by atoms with van der Waals surface area (Å²) in [5.41, 5.74) is 1.24. The Kier molecular flexibility index (Phi) is 5.17. The third kappa shape index (κ3) is 4.46. The van der Waals surface area contributed by atoms with Crippen LogP contribution in [0.15, 0.2) is 59.5 Å². The Balaban J connectivity index is 2.00. The van der Waals surface area contributed by atoms with Crippen LogP contribution >= 0.6 is 11.8 Å². The van der Waals surface area contributed by atoms with Gasteiger partial charge in [-0.25, -0.2) is 0 Å². The Morgan fingerprint density at radius 3 is 2.43 bits per heavy atom. The molecule has 0 heterocycles. The third-order valence-electron chi connectivity index (χ3n) is 2.96. The summed E-state index contributed by atoms with van der Waals surface area (Å²) in [5.74, 6) is -0.0950. The molecule has 108 valence electrons. The first-order valence-electron chi connectivity index (χ1n) is 6.70. The number of Topliss-reactive ketones (excluding diaryl/α,β-unsaturated/α-hetero) is 1. The summed E-state index contributed by atoms with van der Waals surface area (Å²) in [4.78, 5) is 24.6. The van der Waals surface area contributed by atoms with Crippen LogP contribution in [0.4, 0.5) is 5.69 Å². The van der Waals surface area contributed by atoms with Crippen molar-refractivity contribution in [2.45, 2.75) is 24.0 Å². The predicted molar refractivity (Wildman–Crippen MR) is 86.8 cm³/mol. The summed E-state index contributed by atoms with van der Waals surface area (Å²) < 4.78 is 0. The van der Waals surface area contributed by atoms with Crippen LogP contribution in [0.5, 0.6) is 0 Å². The molecular weight excluding hydrogens is 282 g/mol. The molecule has 2 aromatic carbocycles. The average Bonchev–Trinajstić information content (AvgIpc) is 2.48. The number of carbonyl (C=O) groups is 2. The van der Waals surface area contributed by atoms with E-state index in [1.807, 2.05) is 37.3 Å². The lowest BCUT2D eigenvalue weighted by Crippen LogP contribution is -2.22. The van der Waals surface area contributed by atoms with Crippen LogP contribution in [0.1, 0.15) is 24.2 Å². The summed E-state index contributed by atoms with van der Waals surface area (Å²) in [6.45, 7) is 3.37. The fourth-order valence-corrected chi connectivity index (χ4v) is 2.71. The van der Waals surface area contributed by atoms with E-state index >= 15 is 0 Å². The van der Waals surface area contributed by atoms with Gasteiger partial charge in [-0.15, -0.1) is 11.8 Å². The number of benzene rings is 2. The van der Waals surface area contributed by atoms with E-state index in [4.69, 9.17) is 0 Å². The Labute approximate surface area is 128 Å². The smallest absolute Gasteiger partial charge is 0.237 e. The number of anilines is 1. The fourth-order valence-electron chi connectivity index (χ4n) is 1.82. The number of nitrogens with one attached hydrogen (secondary N) is 1. The molecule has 0 spiro atoms. The molecule has 2 aromatic rings. The van der Waals surface area contributed by atoms with Gasteiger partial charge in [-0.3, -0.25) is 9.59 Å². The van der Waals surface area contributed by atoms with E-state index < -0.39 is 0 Å². The van der Waals surface area contributed by atoms with Gasteiger partial charge in [0.05, 0.1) is 5.25 Å². The van der Waals surface area contributed by atoms with Crippen LogP contribution in [-0.2, 0) is 4.79 Å². The highest BCUT2D eigenvalue weighted by molar-refractivity contribution is 8.00. The molecule has 1 atom stereocenters. The second-order valence-electron chi connectivity index (χ2n) is 4.70.